The van der Waals surface area contributed by atoms with Gasteiger partial charge in [-0.15, -0.1) is 0 Å². The van der Waals surface area contributed by atoms with E-state index in [4.69, 9.17) is 9.84 Å². The first-order chi connectivity index (χ1) is 5.43. The minimum atomic E-state index is 0.328. The van der Waals surface area contributed by atoms with Crippen molar-refractivity contribution < 1.29 is 9.84 Å². The summed E-state index contributed by atoms with van der Waals surface area (Å²) in [6.45, 7) is 2.23. The third-order valence-electron chi connectivity index (χ3n) is 1.82. The molecule has 1 heterocycles. The second-order valence-electron chi connectivity index (χ2n) is 2.88. The van der Waals surface area contributed by atoms with Crippen molar-refractivity contribution in [2.75, 3.05) is 31.3 Å². The molecule has 1 unspecified atom stereocenters. The summed E-state index contributed by atoms with van der Waals surface area (Å²) in [6, 6.07) is 0. The highest BCUT2D eigenvalue weighted by Gasteiger charge is 2.14. The molecule has 0 aliphatic carbocycles. The Morgan fingerprint density at radius 1 is 1.55 bits per heavy atom. The van der Waals surface area contributed by atoms with Gasteiger partial charge >= 0.3 is 0 Å². The molecule has 66 valence electrons. The molecule has 3 heteroatoms. The Morgan fingerprint density at radius 2 is 2.45 bits per heavy atom. The van der Waals surface area contributed by atoms with Crippen LogP contribution in [0.2, 0.25) is 0 Å². The van der Waals surface area contributed by atoms with Crippen LogP contribution in [0, 0.1) is 5.92 Å². The fourth-order valence-corrected chi connectivity index (χ4v) is 2.23. The number of rotatable bonds is 5. The maximum absolute atomic E-state index is 8.52. The van der Waals surface area contributed by atoms with E-state index in [1.807, 2.05) is 11.8 Å². The van der Waals surface area contributed by atoms with Crippen LogP contribution in [-0.2, 0) is 4.74 Å². The van der Waals surface area contributed by atoms with E-state index >= 15 is 0 Å². The fourth-order valence-electron chi connectivity index (χ4n) is 1.13. The molecule has 1 aliphatic rings. The van der Waals surface area contributed by atoms with E-state index < -0.39 is 0 Å². The Balaban J connectivity index is 1.86. The molecule has 1 fully saturated rings. The number of hydrogen-bond donors (Lipinski definition) is 1. The van der Waals surface area contributed by atoms with Crippen LogP contribution in [-0.4, -0.2) is 36.4 Å². The molecule has 2 nitrogen and oxygen atoms in total. The van der Waals surface area contributed by atoms with Crippen LogP contribution >= 0.6 is 11.8 Å². The van der Waals surface area contributed by atoms with Crippen LogP contribution in [0.25, 0.3) is 0 Å². The SMILES string of the molecule is OCCCSCC1CCOC1. The number of thioether (sulfide) groups is 1. The van der Waals surface area contributed by atoms with Crippen molar-refractivity contribution >= 4 is 11.8 Å². The largest absolute Gasteiger partial charge is 0.396 e. The minimum Gasteiger partial charge on any atom is -0.396 e. The highest BCUT2D eigenvalue weighted by Crippen LogP contribution is 2.18. The summed E-state index contributed by atoms with van der Waals surface area (Å²) in [7, 11) is 0. The maximum atomic E-state index is 8.52. The molecule has 0 aromatic heterocycles. The third kappa shape index (κ3) is 3.99. The topological polar surface area (TPSA) is 29.5 Å². The van der Waals surface area contributed by atoms with E-state index in [0.717, 1.165) is 31.3 Å². The van der Waals surface area contributed by atoms with Gasteiger partial charge in [-0.1, -0.05) is 0 Å². The molecule has 0 aromatic carbocycles. The maximum Gasteiger partial charge on any atom is 0.0503 e. The van der Waals surface area contributed by atoms with Gasteiger partial charge in [-0.3, -0.25) is 0 Å². The molecular weight excluding hydrogens is 160 g/mol. The molecule has 11 heavy (non-hydrogen) atoms. The molecule has 1 rings (SSSR count). The zero-order valence-electron chi connectivity index (χ0n) is 6.79. The van der Waals surface area contributed by atoms with Crippen molar-refractivity contribution in [1.29, 1.82) is 0 Å². The Bertz CT molecular complexity index is 92.1. The second kappa shape index (κ2) is 5.86. The lowest BCUT2D eigenvalue weighted by molar-refractivity contribution is 0.189. The van der Waals surface area contributed by atoms with Crippen molar-refractivity contribution in [2.45, 2.75) is 12.8 Å². The smallest absolute Gasteiger partial charge is 0.0503 e. The fraction of sp³-hybridized carbons (Fsp3) is 1.00. The number of aliphatic hydroxyl groups is 1. The molecule has 0 aromatic rings. The average molecular weight is 176 g/mol. The van der Waals surface area contributed by atoms with Gasteiger partial charge in [-0.2, -0.15) is 11.8 Å². The molecule has 0 saturated carbocycles. The minimum absolute atomic E-state index is 0.328. The van der Waals surface area contributed by atoms with Gasteiger partial charge in [0.2, 0.25) is 0 Å². The lowest BCUT2D eigenvalue weighted by atomic mass is 10.2. The van der Waals surface area contributed by atoms with Gasteiger partial charge in [0.1, 0.15) is 0 Å². The van der Waals surface area contributed by atoms with E-state index in [9.17, 15) is 0 Å². The second-order valence-corrected chi connectivity index (χ2v) is 4.03. The van der Waals surface area contributed by atoms with Gasteiger partial charge < -0.3 is 9.84 Å². The summed E-state index contributed by atoms with van der Waals surface area (Å²) in [5.41, 5.74) is 0. The highest BCUT2D eigenvalue weighted by atomic mass is 32.2. The number of ether oxygens (including phenoxy) is 1. The van der Waals surface area contributed by atoms with Gasteiger partial charge in [0.25, 0.3) is 0 Å². The Kier molecular flexibility index (Phi) is 4.99. The molecule has 1 aliphatic heterocycles. The van der Waals surface area contributed by atoms with Crippen LogP contribution in [0.4, 0.5) is 0 Å². The molecule has 0 bridgehead atoms. The van der Waals surface area contributed by atoms with Crippen LogP contribution < -0.4 is 0 Å². The summed E-state index contributed by atoms with van der Waals surface area (Å²) in [5.74, 6) is 3.08. The quantitative estimate of drug-likeness (QED) is 0.637. The summed E-state index contributed by atoms with van der Waals surface area (Å²) < 4.78 is 5.25. The molecule has 0 amide bonds. The molecule has 0 spiro atoms. The van der Waals surface area contributed by atoms with Gasteiger partial charge in [-0.25, -0.2) is 0 Å². The zero-order valence-corrected chi connectivity index (χ0v) is 7.61. The Labute approximate surface area is 72.3 Å². The standard InChI is InChI=1S/C8H16O2S/c9-3-1-5-11-7-8-2-4-10-6-8/h8-9H,1-7H2. The van der Waals surface area contributed by atoms with E-state index in [0.29, 0.717) is 6.61 Å². The van der Waals surface area contributed by atoms with Gasteiger partial charge in [0.15, 0.2) is 0 Å². The lowest BCUT2D eigenvalue weighted by Crippen LogP contribution is -2.03. The third-order valence-corrected chi connectivity index (χ3v) is 3.11. The van der Waals surface area contributed by atoms with Crippen LogP contribution in [0.5, 0.6) is 0 Å². The van der Waals surface area contributed by atoms with Crippen LogP contribution in [0.3, 0.4) is 0 Å². The van der Waals surface area contributed by atoms with Crippen LogP contribution in [0.15, 0.2) is 0 Å². The monoisotopic (exact) mass is 176 g/mol. The Hall–Kier alpha value is 0.270. The van der Waals surface area contributed by atoms with E-state index in [1.54, 1.807) is 0 Å². The van der Waals surface area contributed by atoms with Crippen molar-refractivity contribution in [1.82, 2.24) is 0 Å². The van der Waals surface area contributed by atoms with Crippen molar-refractivity contribution in [2.24, 2.45) is 5.92 Å². The number of aliphatic hydroxyl groups excluding tert-OH is 1. The summed E-state index contributed by atoms with van der Waals surface area (Å²) in [5, 5.41) is 8.52. The zero-order chi connectivity index (χ0) is 7.94. The van der Waals surface area contributed by atoms with Crippen molar-refractivity contribution in [3.8, 4) is 0 Å². The highest BCUT2D eigenvalue weighted by molar-refractivity contribution is 7.99. The van der Waals surface area contributed by atoms with Gasteiger partial charge in [0, 0.05) is 13.2 Å². The molecule has 1 N–H and O–H groups in total. The average Bonchev–Trinajstić information content (AvgIpc) is 2.50. The lowest BCUT2D eigenvalue weighted by Gasteiger charge is -2.05. The number of hydrogen-bond acceptors (Lipinski definition) is 3. The van der Waals surface area contributed by atoms with E-state index in [-0.39, 0.29) is 0 Å². The summed E-state index contributed by atoms with van der Waals surface area (Å²) >= 11 is 1.94. The molecule has 1 saturated heterocycles. The first-order valence-electron chi connectivity index (χ1n) is 4.20. The van der Waals surface area contributed by atoms with Gasteiger partial charge in [0.05, 0.1) is 6.61 Å². The van der Waals surface area contributed by atoms with E-state index in [1.165, 1.54) is 12.2 Å². The molecule has 0 radical (unpaired) electrons. The van der Waals surface area contributed by atoms with Crippen molar-refractivity contribution in [3.63, 3.8) is 0 Å². The normalized spacial score (nSPS) is 24.3. The molecule has 1 atom stereocenters. The Morgan fingerprint density at radius 3 is 3.09 bits per heavy atom. The predicted molar refractivity (Wildman–Crippen MR) is 48.0 cm³/mol. The van der Waals surface area contributed by atoms with Crippen LogP contribution in [0.1, 0.15) is 12.8 Å². The summed E-state index contributed by atoms with van der Waals surface area (Å²) in [6.07, 6.45) is 2.16. The first kappa shape index (κ1) is 9.36. The van der Waals surface area contributed by atoms with E-state index in [2.05, 4.69) is 0 Å². The van der Waals surface area contributed by atoms with Crippen molar-refractivity contribution in [3.05, 3.63) is 0 Å². The molecular formula is C8H16O2S. The first-order valence-corrected chi connectivity index (χ1v) is 5.35. The predicted octanol–water partition coefficient (Wildman–Crippen LogP) is 1.14. The van der Waals surface area contributed by atoms with Gasteiger partial charge in [-0.05, 0) is 30.3 Å². The summed E-state index contributed by atoms with van der Waals surface area (Å²) in [4.78, 5) is 0.